The number of aromatic hydroxyl groups is 1. The number of hydrogen-bond donors (Lipinski definition) is 1. The van der Waals surface area contributed by atoms with Crippen LogP contribution in [0, 0.1) is 0 Å². The highest BCUT2D eigenvalue weighted by Crippen LogP contribution is 2.37. The van der Waals surface area contributed by atoms with Crippen molar-refractivity contribution in [1.82, 2.24) is 4.57 Å². The molecule has 7 nitrogen and oxygen atoms in total. The Kier molecular flexibility index (Phi) is 8.16. The second-order valence-electron chi connectivity index (χ2n) is 8.76. The number of halogens is 1. The van der Waals surface area contributed by atoms with E-state index in [9.17, 15) is 14.7 Å². The number of phenolic OH excluding ortho intramolecular Hbond substituents is 1. The lowest BCUT2D eigenvalue weighted by Crippen LogP contribution is -2.40. The van der Waals surface area contributed by atoms with E-state index in [1.807, 2.05) is 60.9 Å². The van der Waals surface area contributed by atoms with Crippen LogP contribution in [0.2, 0.25) is 5.02 Å². The predicted molar refractivity (Wildman–Crippen MR) is 159 cm³/mol. The van der Waals surface area contributed by atoms with Gasteiger partial charge < -0.3 is 14.6 Å². The monoisotopic (exact) mass is 592 g/mol. The van der Waals surface area contributed by atoms with E-state index in [4.69, 9.17) is 26.1 Å². The number of thioether (sulfide) groups is 1. The maximum Gasteiger partial charge on any atom is 0.338 e. The first-order chi connectivity index (χ1) is 19.4. The standard InChI is InChI=1S/C30H25ClN2O5S2/c1-4-38-29(36)24-25(18-8-6-5-7-9-18)32-30-33(26(24)19-10-12-20(39-3)13-11-19)28(35)23(40-30)16-17-14-21(31)27(34)22(15-17)37-2/h5-16,26,34H,4H2,1-3H3/b23-16-/t26-/m0/s1. The number of esters is 1. The van der Waals surface area contributed by atoms with Crippen molar-refractivity contribution in [1.29, 1.82) is 0 Å². The molecule has 1 N–H and O–H groups in total. The summed E-state index contributed by atoms with van der Waals surface area (Å²) in [4.78, 5) is 33.9. The van der Waals surface area contributed by atoms with Crippen molar-refractivity contribution in [3.63, 3.8) is 0 Å². The van der Waals surface area contributed by atoms with Crippen molar-refractivity contribution in [3.05, 3.63) is 114 Å². The van der Waals surface area contributed by atoms with Crippen LogP contribution in [0.25, 0.3) is 11.8 Å². The van der Waals surface area contributed by atoms with Crippen LogP contribution in [0.3, 0.4) is 0 Å². The summed E-state index contributed by atoms with van der Waals surface area (Å²) < 4.78 is 12.7. The van der Waals surface area contributed by atoms with Gasteiger partial charge in [-0.3, -0.25) is 9.36 Å². The molecule has 1 aromatic heterocycles. The highest BCUT2D eigenvalue weighted by Gasteiger charge is 2.35. The zero-order valence-corrected chi connectivity index (χ0v) is 24.3. The minimum Gasteiger partial charge on any atom is -0.503 e. The van der Waals surface area contributed by atoms with Crippen LogP contribution >= 0.6 is 34.7 Å². The van der Waals surface area contributed by atoms with Crippen molar-refractivity contribution in [2.75, 3.05) is 20.0 Å². The molecule has 0 spiro atoms. The normalized spacial score (nSPS) is 15.0. The summed E-state index contributed by atoms with van der Waals surface area (Å²) in [6.45, 7) is 1.92. The molecule has 0 amide bonds. The average Bonchev–Trinajstić information content (AvgIpc) is 3.28. The summed E-state index contributed by atoms with van der Waals surface area (Å²) >= 11 is 9.00. The number of rotatable bonds is 7. The van der Waals surface area contributed by atoms with Crippen LogP contribution < -0.4 is 19.6 Å². The highest BCUT2D eigenvalue weighted by molar-refractivity contribution is 7.98. The predicted octanol–water partition coefficient (Wildman–Crippen LogP) is 5.03. The second kappa shape index (κ2) is 11.8. The Balaban J connectivity index is 1.81. The molecule has 40 heavy (non-hydrogen) atoms. The third kappa shape index (κ3) is 5.20. The molecule has 0 bridgehead atoms. The Morgan fingerprint density at radius 3 is 2.55 bits per heavy atom. The number of phenols is 1. The third-order valence-corrected chi connectivity index (χ3v) is 8.39. The molecule has 5 rings (SSSR count). The number of hydrogen-bond acceptors (Lipinski definition) is 8. The van der Waals surface area contributed by atoms with Crippen LogP contribution in [0.4, 0.5) is 0 Å². The van der Waals surface area contributed by atoms with Gasteiger partial charge in [0.25, 0.3) is 5.56 Å². The lowest BCUT2D eigenvalue weighted by atomic mass is 9.93. The van der Waals surface area contributed by atoms with E-state index in [2.05, 4.69) is 0 Å². The Bertz CT molecular complexity index is 1790. The molecule has 10 heteroatoms. The lowest BCUT2D eigenvalue weighted by Gasteiger charge is -2.26. The number of ether oxygens (including phenoxy) is 2. The number of aromatic nitrogens is 1. The topological polar surface area (TPSA) is 90.1 Å². The van der Waals surface area contributed by atoms with Gasteiger partial charge in [-0.2, -0.15) is 0 Å². The van der Waals surface area contributed by atoms with Gasteiger partial charge in [-0.05, 0) is 54.6 Å². The van der Waals surface area contributed by atoms with E-state index in [0.29, 0.717) is 26.2 Å². The lowest BCUT2D eigenvalue weighted by molar-refractivity contribution is -0.138. The Hall–Kier alpha value is -3.79. The first-order valence-corrected chi connectivity index (χ1v) is 14.8. The fourth-order valence-electron chi connectivity index (χ4n) is 4.53. The zero-order chi connectivity index (χ0) is 28.4. The molecule has 0 fully saturated rings. The summed E-state index contributed by atoms with van der Waals surface area (Å²) in [6.07, 6.45) is 3.65. The second-order valence-corrected chi connectivity index (χ2v) is 11.1. The molecule has 2 heterocycles. The van der Waals surface area contributed by atoms with Gasteiger partial charge in [-0.25, -0.2) is 9.79 Å². The molecule has 1 aliphatic heterocycles. The summed E-state index contributed by atoms with van der Waals surface area (Å²) in [5.74, 6) is -0.523. The fraction of sp³-hybridized carbons (Fsp3) is 0.167. The number of thiazole rings is 1. The molecule has 0 saturated carbocycles. The molecule has 1 atom stereocenters. The van der Waals surface area contributed by atoms with E-state index in [1.54, 1.807) is 41.5 Å². The SMILES string of the molecule is CCOC(=O)C1=C(c2ccccc2)N=c2s/c(=C\c3cc(Cl)c(O)c(OC)c3)c(=O)n2[C@H]1c1ccc(SC)cc1. The van der Waals surface area contributed by atoms with Crippen LogP contribution in [-0.4, -0.2) is 35.6 Å². The van der Waals surface area contributed by atoms with E-state index in [1.165, 1.54) is 18.4 Å². The quantitative estimate of drug-likeness (QED) is 0.239. The van der Waals surface area contributed by atoms with Crippen LogP contribution in [0.5, 0.6) is 11.5 Å². The number of fused-ring (bicyclic) bond motifs is 1. The number of carbonyl (C=O) groups is 1. The minimum absolute atomic E-state index is 0.0982. The smallest absolute Gasteiger partial charge is 0.338 e. The number of carbonyl (C=O) groups excluding carboxylic acids is 1. The Morgan fingerprint density at radius 1 is 1.18 bits per heavy atom. The molecule has 0 unspecified atom stereocenters. The summed E-state index contributed by atoms with van der Waals surface area (Å²) in [5.41, 5.74) is 2.49. The van der Waals surface area contributed by atoms with Crippen molar-refractivity contribution < 1.29 is 19.4 Å². The Morgan fingerprint density at radius 2 is 1.90 bits per heavy atom. The third-order valence-electron chi connectivity index (χ3n) is 6.37. The van der Waals surface area contributed by atoms with Gasteiger partial charge >= 0.3 is 5.97 Å². The maximum atomic E-state index is 14.0. The van der Waals surface area contributed by atoms with Gasteiger partial charge in [0, 0.05) is 10.5 Å². The minimum atomic E-state index is -0.762. The average molecular weight is 593 g/mol. The van der Waals surface area contributed by atoms with Crippen LogP contribution in [-0.2, 0) is 9.53 Å². The molecule has 0 aliphatic carbocycles. The summed E-state index contributed by atoms with van der Waals surface area (Å²) in [7, 11) is 1.42. The highest BCUT2D eigenvalue weighted by atomic mass is 35.5. The molecule has 4 aromatic rings. The fourth-order valence-corrected chi connectivity index (χ4v) is 6.15. The van der Waals surface area contributed by atoms with E-state index in [-0.39, 0.29) is 28.7 Å². The molecular formula is C30H25ClN2O5S2. The van der Waals surface area contributed by atoms with Crippen LogP contribution in [0.15, 0.2) is 87.0 Å². The number of benzene rings is 3. The van der Waals surface area contributed by atoms with Gasteiger partial charge in [-0.15, -0.1) is 11.8 Å². The first kappa shape index (κ1) is 27.8. The molecule has 0 saturated heterocycles. The van der Waals surface area contributed by atoms with Crippen LogP contribution in [0.1, 0.15) is 29.7 Å². The van der Waals surface area contributed by atoms with Gasteiger partial charge in [-0.1, -0.05) is 65.4 Å². The zero-order valence-electron chi connectivity index (χ0n) is 21.9. The summed E-state index contributed by atoms with van der Waals surface area (Å²) in [6, 6.07) is 19.6. The van der Waals surface area contributed by atoms with E-state index >= 15 is 0 Å². The van der Waals surface area contributed by atoms with Gasteiger partial charge in [0.2, 0.25) is 0 Å². The van der Waals surface area contributed by atoms with Crippen molar-refractivity contribution >= 4 is 52.4 Å². The maximum absolute atomic E-state index is 14.0. The van der Waals surface area contributed by atoms with E-state index < -0.39 is 12.0 Å². The summed E-state index contributed by atoms with van der Waals surface area (Å²) in [5, 5.41) is 10.2. The first-order valence-electron chi connectivity index (χ1n) is 12.3. The largest absolute Gasteiger partial charge is 0.503 e. The van der Waals surface area contributed by atoms with Crippen molar-refractivity contribution in [2.24, 2.45) is 4.99 Å². The van der Waals surface area contributed by atoms with Crippen molar-refractivity contribution in [2.45, 2.75) is 17.9 Å². The van der Waals surface area contributed by atoms with Gasteiger partial charge in [0.05, 0.1) is 40.6 Å². The molecule has 0 radical (unpaired) electrons. The van der Waals surface area contributed by atoms with Gasteiger partial charge in [0.15, 0.2) is 16.3 Å². The number of methoxy groups -OCH3 is 1. The number of nitrogens with zero attached hydrogens (tertiary/aromatic N) is 2. The Labute approximate surface area is 243 Å². The van der Waals surface area contributed by atoms with Gasteiger partial charge in [0.1, 0.15) is 0 Å². The molecule has 204 valence electrons. The molecular weight excluding hydrogens is 568 g/mol. The molecule has 1 aliphatic rings. The van der Waals surface area contributed by atoms with E-state index in [0.717, 1.165) is 16.0 Å². The molecule has 3 aromatic carbocycles. The van der Waals surface area contributed by atoms with Crippen molar-refractivity contribution in [3.8, 4) is 11.5 Å².